The second-order valence-electron chi connectivity index (χ2n) is 4.65. The smallest absolute Gasteiger partial charge is 0.339 e. The van der Waals surface area contributed by atoms with Gasteiger partial charge in [0, 0.05) is 5.56 Å². The van der Waals surface area contributed by atoms with Crippen molar-refractivity contribution in [1.29, 1.82) is 0 Å². The fourth-order valence-corrected chi connectivity index (χ4v) is 1.87. The zero-order valence-corrected chi connectivity index (χ0v) is 9.61. The van der Waals surface area contributed by atoms with Crippen LogP contribution in [0, 0.1) is 5.41 Å². The molecule has 1 atom stereocenters. The van der Waals surface area contributed by atoms with Crippen molar-refractivity contribution in [2.24, 2.45) is 5.41 Å². The number of hydrogen-bond acceptors (Lipinski definition) is 3. The van der Waals surface area contributed by atoms with Crippen molar-refractivity contribution >= 4 is 11.8 Å². The summed E-state index contributed by atoms with van der Waals surface area (Å²) < 4.78 is 5.30. The molecule has 0 spiro atoms. The number of ether oxygens (including phenoxy) is 1. The maximum absolute atomic E-state index is 11.6. The summed E-state index contributed by atoms with van der Waals surface area (Å²) in [5, 5.41) is 0. The highest BCUT2D eigenvalue weighted by Crippen LogP contribution is 2.43. The highest BCUT2D eigenvalue weighted by molar-refractivity contribution is 5.95. The molecule has 1 aliphatic heterocycles. The van der Waals surface area contributed by atoms with Gasteiger partial charge in [0.25, 0.3) is 0 Å². The van der Waals surface area contributed by atoms with Crippen LogP contribution < -0.4 is 0 Å². The number of ketones is 1. The van der Waals surface area contributed by atoms with Gasteiger partial charge in [-0.3, -0.25) is 4.79 Å². The molecule has 0 aliphatic carbocycles. The van der Waals surface area contributed by atoms with Crippen molar-refractivity contribution in [2.75, 3.05) is 0 Å². The number of benzene rings is 1. The van der Waals surface area contributed by atoms with Gasteiger partial charge in [0.2, 0.25) is 0 Å². The molecule has 1 unspecified atom stereocenters. The Kier molecular flexibility index (Phi) is 2.34. The van der Waals surface area contributed by atoms with E-state index in [1.165, 1.54) is 6.92 Å². The second kappa shape index (κ2) is 3.44. The van der Waals surface area contributed by atoms with Crippen molar-refractivity contribution in [1.82, 2.24) is 0 Å². The Morgan fingerprint density at radius 2 is 1.94 bits per heavy atom. The van der Waals surface area contributed by atoms with Gasteiger partial charge in [0.1, 0.15) is 11.9 Å². The van der Waals surface area contributed by atoms with Gasteiger partial charge < -0.3 is 4.74 Å². The van der Waals surface area contributed by atoms with Gasteiger partial charge in [-0.2, -0.15) is 0 Å². The first-order valence-electron chi connectivity index (χ1n) is 5.25. The molecule has 0 N–H and O–H groups in total. The number of hydrogen-bond donors (Lipinski definition) is 0. The van der Waals surface area contributed by atoms with E-state index >= 15 is 0 Å². The van der Waals surface area contributed by atoms with Gasteiger partial charge in [-0.15, -0.1) is 0 Å². The number of rotatable bonds is 2. The Labute approximate surface area is 94.4 Å². The van der Waals surface area contributed by atoms with Crippen molar-refractivity contribution in [3.63, 3.8) is 0 Å². The topological polar surface area (TPSA) is 43.4 Å². The SMILES string of the molecule is CC(=O)C(C)(C)C1OC(=O)c2ccccc21. The first kappa shape index (κ1) is 10.9. The normalized spacial score (nSPS) is 19.2. The molecule has 3 heteroatoms. The van der Waals surface area contributed by atoms with Crippen molar-refractivity contribution in [3.05, 3.63) is 35.4 Å². The van der Waals surface area contributed by atoms with Crippen LogP contribution in [0.2, 0.25) is 0 Å². The van der Waals surface area contributed by atoms with Crippen molar-refractivity contribution in [3.8, 4) is 0 Å². The standard InChI is InChI=1S/C13H14O3/c1-8(14)13(2,3)11-9-6-4-5-7-10(9)12(15)16-11/h4-7,11H,1-3H3. The van der Waals surface area contributed by atoms with E-state index in [-0.39, 0.29) is 11.8 Å². The molecular weight excluding hydrogens is 204 g/mol. The zero-order chi connectivity index (χ0) is 11.9. The first-order chi connectivity index (χ1) is 7.44. The lowest BCUT2D eigenvalue weighted by molar-refractivity contribution is -0.130. The van der Waals surface area contributed by atoms with E-state index in [0.717, 1.165) is 5.56 Å². The molecule has 1 aromatic carbocycles. The molecule has 0 saturated carbocycles. The van der Waals surface area contributed by atoms with Crippen LogP contribution in [-0.4, -0.2) is 11.8 Å². The van der Waals surface area contributed by atoms with Crippen LogP contribution in [0.5, 0.6) is 0 Å². The molecule has 1 aliphatic rings. The average molecular weight is 218 g/mol. The van der Waals surface area contributed by atoms with Crippen LogP contribution in [0.25, 0.3) is 0 Å². The maximum Gasteiger partial charge on any atom is 0.339 e. The quantitative estimate of drug-likeness (QED) is 0.716. The minimum atomic E-state index is -0.678. The average Bonchev–Trinajstić information content (AvgIpc) is 2.57. The minimum Gasteiger partial charge on any atom is -0.453 e. The Morgan fingerprint density at radius 3 is 2.56 bits per heavy atom. The predicted molar refractivity (Wildman–Crippen MR) is 59.1 cm³/mol. The van der Waals surface area contributed by atoms with E-state index in [2.05, 4.69) is 0 Å². The molecule has 16 heavy (non-hydrogen) atoms. The third-order valence-electron chi connectivity index (χ3n) is 3.25. The van der Waals surface area contributed by atoms with E-state index in [0.29, 0.717) is 5.56 Å². The predicted octanol–water partition coefficient (Wildman–Crippen LogP) is 2.51. The lowest BCUT2D eigenvalue weighted by atomic mass is 9.79. The van der Waals surface area contributed by atoms with Gasteiger partial charge in [-0.1, -0.05) is 18.2 Å². The highest BCUT2D eigenvalue weighted by Gasteiger charge is 2.43. The largest absolute Gasteiger partial charge is 0.453 e. The molecular formula is C13H14O3. The number of carbonyl (C=O) groups excluding carboxylic acids is 2. The van der Waals surface area contributed by atoms with Crippen molar-refractivity contribution in [2.45, 2.75) is 26.9 Å². The van der Waals surface area contributed by atoms with Gasteiger partial charge in [0.15, 0.2) is 0 Å². The molecule has 0 saturated heterocycles. The number of cyclic esters (lactones) is 1. The minimum absolute atomic E-state index is 0.0157. The molecule has 0 radical (unpaired) electrons. The number of carbonyl (C=O) groups is 2. The summed E-state index contributed by atoms with van der Waals surface area (Å²) >= 11 is 0. The van der Waals surface area contributed by atoms with Crippen molar-refractivity contribution < 1.29 is 14.3 Å². The number of Topliss-reactive ketones (excluding diaryl/α,β-unsaturated/α-hetero) is 1. The molecule has 0 fully saturated rings. The van der Waals surface area contributed by atoms with E-state index in [1.54, 1.807) is 26.0 Å². The number of esters is 1. The van der Waals surface area contributed by atoms with Gasteiger partial charge in [-0.05, 0) is 26.8 Å². The van der Waals surface area contributed by atoms with Crippen LogP contribution in [0.1, 0.15) is 42.8 Å². The Hall–Kier alpha value is -1.64. The molecule has 3 nitrogen and oxygen atoms in total. The summed E-state index contributed by atoms with van der Waals surface area (Å²) in [6, 6.07) is 7.22. The fourth-order valence-electron chi connectivity index (χ4n) is 1.87. The first-order valence-corrected chi connectivity index (χ1v) is 5.25. The molecule has 1 heterocycles. The van der Waals surface area contributed by atoms with Gasteiger partial charge in [0.05, 0.1) is 11.0 Å². The monoisotopic (exact) mass is 218 g/mol. The zero-order valence-electron chi connectivity index (χ0n) is 9.61. The van der Waals surface area contributed by atoms with Gasteiger partial charge >= 0.3 is 5.97 Å². The summed E-state index contributed by atoms with van der Waals surface area (Å²) in [4.78, 5) is 23.2. The maximum atomic E-state index is 11.6. The third kappa shape index (κ3) is 1.43. The van der Waals surface area contributed by atoms with Gasteiger partial charge in [-0.25, -0.2) is 4.79 Å². The Balaban J connectivity index is 2.49. The highest BCUT2D eigenvalue weighted by atomic mass is 16.5. The third-order valence-corrected chi connectivity index (χ3v) is 3.25. The van der Waals surface area contributed by atoms with E-state index in [1.807, 2.05) is 12.1 Å². The molecule has 2 rings (SSSR count). The second-order valence-corrected chi connectivity index (χ2v) is 4.65. The van der Waals surface area contributed by atoms with E-state index in [9.17, 15) is 9.59 Å². The van der Waals surface area contributed by atoms with Crippen LogP contribution in [-0.2, 0) is 9.53 Å². The molecule has 84 valence electrons. The van der Waals surface area contributed by atoms with Crippen LogP contribution in [0.15, 0.2) is 24.3 Å². The molecule has 0 aromatic heterocycles. The Morgan fingerprint density at radius 1 is 1.31 bits per heavy atom. The van der Waals surface area contributed by atoms with Crippen LogP contribution >= 0.6 is 0 Å². The van der Waals surface area contributed by atoms with E-state index in [4.69, 9.17) is 4.74 Å². The van der Waals surface area contributed by atoms with E-state index < -0.39 is 11.5 Å². The lowest BCUT2D eigenvalue weighted by Gasteiger charge is -2.27. The summed E-state index contributed by atoms with van der Waals surface area (Å²) in [5.74, 6) is -0.322. The summed E-state index contributed by atoms with van der Waals surface area (Å²) in [5.41, 5.74) is 0.706. The lowest BCUT2D eigenvalue weighted by Crippen LogP contribution is -2.29. The number of fused-ring (bicyclic) bond motifs is 1. The van der Waals surface area contributed by atoms with Crippen LogP contribution in [0.4, 0.5) is 0 Å². The Bertz CT molecular complexity index is 460. The summed E-state index contributed by atoms with van der Waals surface area (Å²) in [6.45, 7) is 5.12. The summed E-state index contributed by atoms with van der Waals surface area (Å²) in [6.07, 6.45) is -0.464. The fraction of sp³-hybridized carbons (Fsp3) is 0.385. The molecule has 0 bridgehead atoms. The van der Waals surface area contributed by atoms with Crippen LogP contribution in [0.3, 0.4) is 0 Å². The molecule has 1 aromatic rings. The molecule has 0 amide bonds. The summed E-state index contributed by atoms with van der Waals surface area (Å²) in [7, 11) is 0.